The molecule has 1 N–H and O–H groups in total. The first-order valence-corrected chi connectivity index (χ1v) is 17.3. The van der Waals surface area contributed by atoms with E-state index in [4.69, 9.17) is 14.0 Å². The molecule has 46 heavy (non-hydrogen) atoms. The Kier molecular flexibility index (Phi) is 11.8. The Morgan fingerprint density at radius 3 is 2.24 bits per heavy atom. The van der Waals surface area contributed by atoms with Crippen molar-refractivity contribution in [3.8, 4) is 11.3 Å². The molecule has 2 heterocycles. The third-order valence-electron chi connectivity index (χ3n) is 7.59. The van der Waals surface area contributed by atoms with Crippen LogP contribution in [0.1, 0.15) is 73.3 Å². The monoisotopic (exact) mass is 666 g/mol. The molecule has 2 amide bonds. The first-order chi connectivity index (χ1) is 21.3. The highest BCUT2D eigenvalue weighted by Crippen LogP contribution is 2.63. The summed E-state index contributed by atoms with van der Waals surface area (Å²) >= 11 is 0. The molecule has 256 valence electrons. The number of imide groups is 1. The number of ether oxygens (including phenoxy) is 2. The normalized spacial score (nSPS) is 20.7. The van der Waals surface area contributed by atoms with Crippen molar-refractivity contribution in [1.82, 2.24) is 19.4 Å². The van der Waals surface area contributed by atoms with E-state index in [0.717, 1.165) is 10.5 Å². The van der Waals surface area contributed by atoms with Gasteiger partial charge in [0.2, 0.25) is 7.37 Å². The lowest BCUT2D eigenvalue weighted by Gasteiger charge is -2.45. The van der Waals surface area contributed by atoms with E-state index in [1.54, 1.807) is 78.7 Å². The quantitative estimate of drug-likeness (QED) is 0.208. The van der Waals surface area contributed by atoms with Crippen LogP contribution in [-0.2, 0) is 36.9 Å². The maximum atomic E-state index is 14.3. The number of imidazole rings is 1. The highest BCUT2D eigenvalue weighted by atomic mass is 31.2. The summed E-state index contributed by atoms with van der Waals surface area (Å²) in [6.45, 7) is 12.3. The summed E-state index contributed by atoms with van der Waals surface area (Å²) in [6, 6.07) is 4.45. The Balaban J connectivity index is 1.85. The van der Waals surface area contributed by atoms with Crippen LogP contribution in [0, 0.1) is 5.82 Å². The van der Waals surface area contributed by atoms with E-state index in [2.05, 4.69) is 4.98 Å². The van der Waals surface area contributed by atoms with Gasteiger partial charge in [-0.25, -0.2) is 23.9 Å². The summed E-state index contributed by atoms with van der Waals surface area (Å²) in [5.74, 6) is -1.65. The number of benzene rings is 1. The van der Waals surface area contributed by atoms with Gasteiger partial charge < -0.3 is 23.7 Å². The number of nitrogens with zero attached hydrogens (tertiary/aromatic N) is 4. The maximum absolute atomic E-state index is 14.3. The topological polar surface area (TPSA) is 140 Å². The molecule has 1 unspecified atom stereocenters. The molecule has 1 fully saturated rings. The second-order valence-electron chi connectivity index (χ2n) is 13.6. The number of carbonyl (C=O) groups excluding carboxylic acids is 2. The van der Waals surface area contributed by atoms with Crippen LogP contribution in [0.4, 0.5) is 14.0 Å². The summed E-state index contributed by atoms with van der Waals surface area (Å²) in [6.07, 6.45) is 1.94. The molecule has 0 aliphatic carbocycles. The minimum absolute atomic E-state index is 0.0232. The van der Waals surface area contributed by atoms with Crippen LogP contribution in [0.25, 0.3) is 11.3 Å². The van der Waals surface area contributed by atoms with Gasteiger partial charge in [-0.1, -0.05) is 6.07 Å². The number of carboxylic acid groups (broad SMARTS) is 1. The molecule has 1 saturated heterocycles. The minimum Gasteiger partial charge on any atom is -0.480 e. The van der Waals surface area contributed by atoms with Crippen LogP contribution in [0.15, 0.2) is 30.7 Å². The second-order valence-corrected chi connectivity index (χ2v) is 16.5. The van der Waals surface area contributed by atoms with Gasteiger partial charge in [0.1, 0.15) is 17.0 Å². The van der Waals surface area contributed by atoms with Crippen molar-refractivity contribution >= 4 is 25.5 Å². The van der Waals surface area contributed by atoms with E-state index in [1.165, 1.54) is 12.1 Å². The molecule has 0 spiro atoms. The Bertz CT molecular complexity index is 1420. The average Bonchev–Trinajstić information content (AvgIpc) is 3.34. The first kappa shape index (κ1) is 37.2. The third-order valence-corrected chi connectivity index (χ3v) is 10.9. The highest BCUT2D eigenvalue weighted by Gasteiger charge is 2.58. The smallest absolute Gasteiger partial charge is 0.419 e. The molecule has 1 aliphatic rings. The van der Waals surface area contributed by atoms with Crippen molar-refractivity contribution < 1.29 is 42.4 Å². The molecule has 14 heteroatoms. The zero-order chi connectivity index (χ0) is 34.5. The molecule has 2 aromatic rings. The Morgan fingerprint density at radius 2 is 1.72 bits per heavy atom. The van der Waals surface area contributed by atoms with Crippen LogP contribution in [0.2, 0.25) is 0 Å². The number of unbranched alkanes of at least 4 members (excludes halogenated alkanes) is 1. The van der Waals surface area contributed by atoms with Gasteiger partial charge in [0.05, 0.1) is 24.8 Å². The lowest BCUT2D eigenvalue weighted by Crippen LogP contribution is -2.54. The van der Waals surface area contributed by atoms with Crippen LogP contribution in [0.3, 0.4) is 0 Å². The number of carboxylic acids is 1. The van der Waals surface area contributed by atoms with E-state index in [9.17, 15) is 28.4 Å². The molecule has 1 aromatic carbocycles. The lowest BCUT2D eigenvalue weighted by molar-refractivity contribution is -0.141. The standard InChI is InChI=1S/C32H48FN4O8P/c1-9-43-46(42)17-16-36(20-23-12-13-24(33)18-25(23)26-19-34-22-35(26)8)21-32(46,27(38)39)14-10-11-15-37(28(40)44-30(2,3)4)29(41)45-31(5,6)7/h12-13,18-19,22H,9-11,14-17,20-21H2,1-8H3,(H,38,39)/t32-,46?/m0/s1. The van der Waals surface area contributed by atoms with Crippen LogP contribution >= 0.6 is 7.37 Å². The highest BCUT2D eigenvalue weighted by molar-refractivity contribution is 7.62. The molecule has 12 nitrogen and oxygen atoms in total. The molecular formula is C32H48FN4O8P. The molecule has 0 bridgehead atoms. The predicted octanol–water partition coefficient (Wildman–Crippen LogP) is 6.52. The summed E-state index contributed by atoms with van der Waals surface area (Å²) in [5.41, 5.74) is 0.380. The molecule has 1 aliphatic heterocycles. The van der Waals surface area contributed by atoms with E-state index in [-0.39, 0.29) is 51.7 Å². The van der Waals surface area contributed by atoms with E-state index < -0.39 is 47.7 Å². The van der Waals surface area contributed by atoms with Crippen LogP contribution in [-0.4, -0.2) is 91.4 Å². The number of carbonyl (C=O) groups is 3. The Morgan fingerprint density at radius 1 is 1.09 bits per heavy atom. The van der Waals surface area contributed by atoms with E-state index in [1.807, 2.05) is 4.90 Å². The molecule has 0 radical (unpaired) electrons. The summed E-state index contributed by atoms with van der Waals surface area (Å²) in [4.78, 5) is 45.8. The summed E-state index contributed by atoms with van der Waals surface area (Å²) in [7, 11) is -1.89. The predicted molar refractivity (Wildman–Crippen MR) is 171 cm³/mol. The Labute approximate surface area is 270 Å². The van der Waals surface area contributed by atoms with Crippen molar-refractivity contribution in [1.29, 1.82) is 0 Å². The number of aryl methyl sites for hydroxylation is 1. The third kappa shape index (κ3) is 9.17. The molecule has 3 rings (SSSR count). The Hall–Kier alpha value is -3.28. The molecule has 2 atom stereocenters. The largest absolute Gasteiger partial charge is 0.480 e. The zero-order valence-electron chi connectivity index (χ0n) is 28.2. The minimum atomic E-state index is -3.70. The zero-order valence-corrected chi connectivity index (χ0v) is 29.1. The van der Waals surface area contributed by atoms with Gasteiger partial charge in [0.25, 0.3) is 0 Å². The molecule has 0 saturated carbocycles. The number of aliphatic carboxylic acids is 1. The van der Waals surface area contributed by atoms with Crippen LogP contribution < -0.4 is 0 Å². The van der Waals surface area contributed by atoms with E-state index in [0.29, 0.717) is 17.8 Å². The molecule has 1 aromatic heterocycles. The van der Waals surface area contributed by atoms with Gasteiger partial charge in [0, 0.05) is 45.0 Å². The maximum Gasteiger partial charge on any atom is 0.419 e. The van der Waals surface area contributed by atoms with Crippen molar-refractivity contribution in [2.45, 2.75) is 90.6 Å². The number of aromatic nitrogens is 2. The number of rotatable bonds is 11. The fourth-order valence-corrected chi connectivity index (χ4v) is 8.48. The lowest BCUT2D eigenvalue weighted by atomic mass is 9.98. The van der Waals surface area contributed by atoms with E-state index >= 15 is 0 Å². The first-order valence-electron chi connectivity index (χ1n) is 15.5. The summed E-state index contributed by atoms with van der Waals surface area (Å²) < 4.78 is 47.0. The fourth-order valence-electron chi connectivity index (χ4n) is 5.51. The van der Waals surface area contributed by atoms with Crippen molar-refractivity contribution in [3.63, 3.8) is 0 Å². The van der Waals surface area contributed by atoms with Crippen molar-refractivity contribution in [2.75, 3.05) is 32.4 Å². The van der Waals surface area contributed by atoms with Crippen molar-refractivity contribution in [3.05, 3.63) is 42.1 Å². The van der Waals surface area contributed by atoms with Gasteiger partial charge in [-0.2, -0.15) is 0 Å². The fraction of sp³-hybridized carbons (Fsp3) is 0.625. The average molecular weight is 667 g/mol. The van der Waals surface area contributed by atoms with Gasteiger partial charge in [-0.15, -0.1) is 0 Å². The number of halogens is 1. The summed E-state index contributed by atoms with van der Waals surface area (Å²) in [5, 5.41) is 8.91. The number of hydrogen-bond acceptors (Lipinski definition) is 9. The van der Waals surface area contributed by atoms with Gasteiger partial charge in [-0.3, -0.25) is 14.3 Å². The SMILES string of the molecule is CCOP1(=O)CCN(Cc2ccc(F)cc2-c2cncn2C)C[C@@]1(CCCCN(C(=O)OC(C)(C)C)C(=O)OC(C)(C)C)C(=O)O. The number of hydrogen-bond donors (Lipinski definition) is 1. The number of amides is 2. The van der Waals surface area contributed by atoms with Gasteiger partial charge >= 0.3 is 18.2 Å². The van der Waals surface area contributed by atoms with Gasteiger partial charge in [-0.05, 0) is 85.4 Å². The second kappa shape index (κ2) is 14.6. The van der Waals surface area contributed by atoms with Crippen LogP contribution in [0.5, 0.6) is 0 Å². The van der Waals surface area contributed by atoms with Gasteiger partial charge in [0.15, 0.2) is 5.16 Å². The van der Waals surface area contributed by atoms with Crippen molar-refractivity contribution in [2.24, 2.45) is 7.05 Å². The molecular weight excluding hydrogens is 618 g/mol.